The molecule has 1 saturated heterocycles. The summed E-state index contributed by atoms with van der Waals surface area (Å²) in [5.74, 6) is -0.0597. The van der Waals surface area contributed by atoms with Gasteiger partial charge < -0.3 is 15.5 Å². The molecule has 2 unspecified atom stereocenters. The summed E-state index contributed by atoms with van der Waals surface area (Å²) >= 11 is 0. The zero-order valence-corrected chi connectivity index (χ0v) is 13.4. The van der Waals surface area contributed by atoms with Crippen molar-refractivity contribution in [2.75, 3.05) is 26.2 Å². The Morgan fingerprint density at radius 2 is 1.59 bits per heavy atom. The van der Waals surface area contributed by atoms with Gasteiger partial charge in [-0.2, -0.15) is 0 Å². The van der Waals surface area contributed by atoms with Crippen molar-refractivity contribution in [2.45, 2.75) is 26.3 Å². The number of nitrogens with two attached hydrogens (primary N) is 1. The molecule has 0 aliphatic carbocycles. The monoisotopic (exact) mass is 303 g/mol. The highest BCUT2D eigenvalue weighted by atomic mass is 16.2. The molecule has 2 atom stereocenters. The van der Waals surface area contributed by atoms with Crippen LogP contribution in [0.3, 0.4) is 0 Å². The molecular weight excluding hydrogens is 278 g/mol. The van der Waals surface area contributed by atoms with Crippen LogP contribution >= 0.6 is 0 Å². The lowest BCUT2D eigenvalue weighted by Gasteiger charge is -2.26. The van der Waals surface area contributed by atoms with Crippen LogP contribution in [-0.2, 0) is 4.79 Å². The summed E-state index contributed by atoms with van der Waals surface area (Å²) in [6.45, 7) is 6.24. The predicted octanol–water partition coefficient (Wildman–Crippen LogP) is 1.34. The van der Waals surface area contributed by atoms with E-state index in [9.17, 15) is 9.59 Å². The lowest BCUT2D eigenvalue weighted by Crippen LogP contribution is -2.43. The lowest BCUT2D eigenvalue weighted by molar-refractivity contribution is -0.135. The predicted molar refractivity (Wildman–Crippen MR) is 86.4 cm³/mol. The first kappa shape index (κ1) is 16.5. The van der Waals surface area contributed by atoms with E-state index in [0.717, 1.165) is 6.42 Å². The lowest BCUT2D eigenvalue weighted by atomic mass is 10.0. The van der Waals surface area contributed by atoms with Crippen LogP contribution in [0.15, 0.2) is 30.3 Å². The minimum atomic E-state index is -0.184. The molecule has 22 heavy (non-hydrogen) atoms. The Morgan fingerprint density at radius 1 is 1.00 bits per heavy atom. The van der Waals surface area contributed by atoms with Crippen molar-refractivity contribution in [1.29, 1.82) is 0 Å². The standard InChI is InChI=1S/C17H25N3O2/c1-13(14(2)18)16(21)19-9-6-10-20(12-11-19)17(22)15-7-4-3-5-8-15/h3-5,7-8,13-14H,6,9-12,18H2,1-2H3. The molecule has 0 spiro atoms. The smallest absolute Gasteiger partial charge is 0.253 e. The molecule has 5 nitrogen and oxygen atoms in total. The van der Waals surface area contributed by atoms with Crippen molar-refractivity contribution in [3.8, 4) is 0 Å². The SMILES string of the molecule is CC(N)C(C)C(=O)N1CCCN(C(=O)c2ccccc2)CC1. The Morgan fingerprint density at radius 3 is 2.23 bits per heavy atom. The third kappa shape index (κ3) is 3.85. The molecule has 1 fully saturated rings. The Hall–Kier alpha value is -1.88. The van der Waals surface area contributed by atoms with E-state index in [-0.39, 0.29) is 23.8 Å². The number of hydrogen-bond donors (Lipinski definition) is 1. The molecule has 0 aromatic heterocycles. The molecule has 5 heteroatoms. The zero-order chi connectivity index (χ0) is 16.1. The fourth-order valence-electron chi connectivity index (χ4n) is 2.62. The van der Waals surface area contributed by atoms with Crippen molar-refractivity contribution in [3.05, 3.63) is 35.9 Å². The maximum absolute atomic E-state index is 12.5. The quantitative estimate of drug-likeness (QED) is 0.916. The van der Waals surface area contributed by atoms with Crippen molar-refractivity contribution in [3.63, 3.8) is 0 Å². The maximum Gasteiger partial charge on any atom is 0.253 e. The second-order valence-electron chi connectivity index (χ2n) is 5.98. The summed E-state index contributed by atoms with van der Waals surface area (Å²) < 4.78 is 0. The van der Waals surface area contributed by atoms with E-state index in [1.54, 1.807) is 0 Å². The summed E-state index contributed by atoms with van der Waals surface area (Å²) in [4.78, 5) is 28.5. The van der Waals surface area contributed by atoms with Crippen LogP contribution in [0.2, 0.25) is 0 Å². The highest BCUT2D eigenvalue weighted by Gasteiger charge is 2.26. The van der Waals surface area contributed by atoms with Crippen LogP contribution in [0.4, 0.5) is 0 Å². The summed E-state index contributed by atoms with van der Waals surface area (Å²) in [5, 5.41) is 0. The number of amides is 2. The van der Waals surface area contributed by atoms with E-state index in [0.29, 0.717) is 31.7 Å². The molecule has 2 rings (SSSR count). The third-order valence-corrected chi connectivity index (χ3v) is 4.29. The van der Waals surface area contributed by atoms with Gasteiger partial charge in [-0.25, -0.2) is 0 Å². The van der Waals surface area contributed by atoms with Gasteiger partial charge in [0.2, 0.25) is 5.91 Å². The highest BCUT2D eigenvalue weighted by Crippen LogP contribution is 2.12. The summed E-state index contributed by atoms with van der Waals surface area (Å²) in [7, 11) is 0. The third-order valence-electron chi connectivity index (χ3n) is 4.29. The first-order valence-corrected chi connectivity index (χ1v) is 7.89. The maximum atomic E-state index is 12.5. The van der Waals surface area contributed by atoms with Crippen molar-refractivity contribution in [1.82, 2.24) is 9.80 Å². The molecular formula is C17H25N3O2. The van der Waals surface area contributed by atoms with Gasteiger partial charge in [-0.15, -0.1) is 0 Å². The minimum absolute atomic E-state index is 0.0372. The van der Waals surface area contributed by atoms with Crippen LogP contribution in [-0.4, -0.2) is 53.8 Å². The zero-order valence-electron chi connectivity index (χ0n) is 13.4. The number of nitrogens with zero attached hydrogens (tertiary/aromatic N) is 2. The highest BCUT2D eigenvalue weighted by molar-refractivity contribution is 5.94. The van der Waals surface area contributed by atoms with E-state index < -0.39 is 0 Å². The van der Waals surface area contributed by atoms with Crippen LogP contribution in [0.1, 0.15) is 30.6 Å². The van der Waals surface area contributed by atoms with E-state index in [4.69, 9.17) is 5.73 Å². The molecule has 0 radical (unpaired) electrons. The molecule has 2 N–H and O–H groups in total. The van der Waals surface area contributed by atoms with Gasteiger partial charge in [0, 0.05) is 37.8 Å². The van der Waals surface area contributed by atoms with Gasteiger partial charge in [-0.1, -0.05) is 25.1 Å². The van der Waals surface area contributed by atoms with Crippen molar-refractivity contribution >= 4 is 11.8 Å². The molecule has 1 aromatic carbocycles. The van der Waals surface area contributed by atoms with E-state index in [1.165, 1.54) is 0 Å². The first-order chi connectivity index (χ1) is 10.5. The second kappa shape index (κ2) is 7.40. The average Bonchev–Trinajstić information content (AvgIpc) is 2.79. The van der Waals surface area contributed by atoms with Crippen molar-refractivity contribution in [2.24, 2.45) is 11.7 Å². The van der Waals surface area contributed by atoms with Crippen LogP contribution in [0.25, 0.3) is 0 Å². The molecule has 0 bridgehead atoms. The molecule has 1 aliphatic heterocycles. The molecule has 2 amide bonds. The number of carbonyl (C=O) groups is 2. The largest absolute Gasteiger partial charge is 0.341 e. The number of rotatable bonds is 3. The summed E-state index contributed by atoms with van der Waals surface area (Å²) in [6, 6.07) is 9.13. The number of hydrogen-bond acceptors (Lipinski definition) is 3. The number of carbonyl (C=O) groups excluding carboxylic acids is 2. The van der Waals surface area contributed by atoms with Gasteiger partial charge in [0.15, 0.2) is 0 Å². The number of benzene rings is 1. The second-order valence-corrected chi connectivity index (χ2v) is 5.98. The van der Waals surface area contributed by atoms with E-state index in [1.807, 2.05) is 54.0 Å². The Bertz CT molecular complexity index is 516. The van der Waals surface area contributed by atoms with Gasteiger partial charge in [-0.05, 0) is 25.5 Å². The van der Waals surface area contributed by atoms with Gasteiger partial charge >= 0.3 is 0 Å². The Balaban J connectivity index is 1.98. The molecule has 0 saturated carbocycles. The van der Waals surface area contributed by atoms with E-state index in [2.05, 4.69) is 0 Å². The van der Waals surface area contributed by atoms with Gasteiger partial charge in [0.05, 0.1) is 5.92 Å². The van der Waals surface area contributed by atoms with E-state index >= 15 is 0 Å². The minimum Gasteiger partial charge on any atom is -0.341 e. The Kier molecular flexibility index (Phi) is 5.55. The average molecular weight is 303 g/mol. The topological polar surface area (TPSA) is 66.6 Å². The van der Waals surface area contributed by atoms with Crippen LogP contribution < -0.4 is 5.73 Å². The Labute approximate surface area is 132 Å². The van der Waals surface area contributed by atoms with Crippen LogP contribution in [0.5, 0.6) is 0 Å². The fraction of sp³-hybridized carbons (Fsp3) is 0.529. The molecule has 120 valence electrons. The molecule has 1 aliphatic rings. The van der Waals surface area contributed by atoms with Crippen molar-refractivity contribution < 1.29 is 9.59 Å². The summed E-state index contributed by atoms with van der Waals surface area (Å²) in [5.41, 5.74) is 6.52. The van der Waals surface area contributed by atoms with Gasteiger partial charge in [0.25, 0.3) is 5.91 Å². The van der Waals surface area contributed by atoms with Crippen LogP contribution in [0, 0.1) is 5.92 Å². The van der Waals surface area contributed by atoms with Gasteiger partial charge in [0.1, 0.15) is 0 Å². The molecule has 1 heterocycles. The van der Waals surface area contributed by atoms with Gasteiger partial charge in [-0.3, -0.25) is 9.59 Å². The first-order valence-electron chi connectivity index (χ1n) is 7.89. The molecule has 1 aromatic rings. The fourth-order valence-corrected chi connectivity index (χ4v) is 2.62. The summed E-state index contributed by atoms with van der Waals surface area (Å²) in [6.07, 6.45) is 0.802. The normalized spacial score (nSPS) is 18.5.